The van der Waals surface area contributed by atoms with Crippen molar-refractivity contribution in [2.75, 3.05) is 53.0 Å². The van der Waals surface area contributed by atoms with Crippen LogP contribution in [0.15, 0.2) is 29.2 Å². The van der Waals surface area contributed by atoms with Crippen LogP contribution in [0.1, 0.15) is 12.8 Å². The van der Waals surface area contributed by atoms with E-state index in [9.17, 15) is 13.2 Å². The summed E-state index contributed by atoms with van der Waals surface area (Å²) >= 11 is 0. The van der Waals surface area contributed by atoms with E-state index < -0.39 is 10.0 Å². The molecule has 27 heavy (non-hydrogen) atoms. The molecule has 2 aliphatic heterocycles. The van der Waals surface area contributed by atoms with E-state index in [0.717, 1.165) is 12.8 Å². The van der Waals surface area contributed by atoms with Crippen molar-refractivity contribution >= 4 is 15.9 Å². The maximum Gasteiger partial charge on any atom is 0.249 e. The van der Waals surface area contributed by atoms with E-state index in [2.05, 4.69) is 10.2 Å². The molecule has 0 radical (unpaired) electrons. The fourth-order valence-corrected chi connectivity index (χ4v) is 4.75. The Morgan fingerprint density at radius 2 is 1.93 bits per heavy atom. The Morgan fingerprint density at radius 1 is 1.22 bits per heavy atom. The van der Waals surface area contributed by atoms with Gasteiger partial charge < -0.3 is 14.8 Å². The van der Waals surface area contributed by atoms with Crippen molar-refractivity contribution < 1.29 is 22.7 Å². The Labute approximate surface area is 160 Å². The van der Waals surface area contributed by atoms with Gasteiger partial charge in [-0.3, -0.25) is 9.69 Å². The molecule has 8 nitrogen and oxygen atoms in total. The minimum absolute atomic E-state index is 0.0479. The van der Waals surface area contributed by atoms with Crippen LogP contribution in [0.2, 0.25) is 0 Å². The lowest BCUT2D eigenvalue weighted by Crippen LogP contribution is -2.50. The normalized spacial score (nSPS) is 21.9. The van der Waals surface area contributed by atoms with Gasteiger partial charge in [0.25, 0.3) is 0 Å². The van der Waals surface area contributed by atoms with Crippen LogP contribution < -0.4 is 10.1 Å². The third kappa shape index (κ3) is 4.98. The number of amides is 1. The van der Waals surface area contributed by atoms with Crippen molar-refractivity contribution in [3.05, 3.63) is 24.3 Å². The molecular weight excluding hydrogens is 370 g/mol. The highest BCUT2D eigenvalue weighted by Gasteiger charge is 2.28. The van der Waals surface area contributed by atoms with Gasteiger partial charge in [0.2, 0.25) is 15.9 Å². The maximum atomic E-state index is 12.7. The molecule has 1 N–H and O–H groups in total. The molecule has 0 aliphatic carbocycles. The average Bonchev–Trinajstić information content (AvgIpc) is 3.23. The minimum atomic E-state index is -3.49. The lowest BCUT2D eigenvalue weighted by atomic mass is 10.2. The highest BCUT2D eigenvalue weighted by atomic mass is 32.2. The Kier molecular flexibility index (Phi) is 6.69. The van der Waals surface area contributed by atoms with E-state index in [1.54, 1.807) is 31.4 Å². The van der Waals surface area contributed by atoms with E-state index >= 15 is 0 Å². The number of nitrogens with one attached hydrogen (secondary N) is 1. The standard InChI is InChI=1S/C18H27N3O5S/c1-25-15-4-6-16(7-5-15)27(23,24)21-12-10-20(11-13-21)9-8-19-18(22)17-3-2-14-26-17/h4-7,17H,2-3,8-14H2,1H3,(H,19,22). The second-order valence-corrected chi connectivity index (χ2v) is 8.65. The molecule has 1 amide bonds. The fraction of sp³-hybridized carbons (Fsp3) is 0.611. The molecule has 3 rings (SSSR count). The van der Waals surface area contributed by atoms with Crippen molar-refractivity contribution in [3.63, 3.8) is 0 Å². The van der Waals surface area contributed by atoms with Gasteiger partial charge in [-0.15, -0.1) is 0 Å². The number of piperazine rings is 1. The summed E-state index contributed by atoms with van der Waals surface area (Å²) in [5, 5.41) is 2.90. The van der Waals surface area contributed by atoms with Crippen molar-refractivity contribution in [1.82, 2.24) is 14.5 Å². The molecule has 2 fully saturated rings. The first-order valence-corrected chi connectivity index (χ1v) is 10.7. The highest BCUT2D eigenvalue weighted by molar-refractivity contribution is 7.89. The first-order chi connectivity index (χ1) is 13.0. The van der Waals surface area contributed by atoms with E-state index in [4.69, 9.17) is 9.47 Å². The molecule has 9 heteroatoms. The smallest absolute Gasteiger partial charge is 0.249 e. The Balaban J connectivity index is 1.44. The van der Waals surface area contributed by atoms with Crippen LogP contribution in [0.5, 0.6) is 5.75 Å². The predicted molar refractivity (Wildman–Crippen MR) is 100 cm³/mol. The van der Waals surface area contributed by atoms with Gasteiger partial charge in [-0.1, -0.05) is 0 Å². The van der Waals surface area contributed by atoms with Crippen LogP contribution in [-0.2, 0) is 19.6 Å². The first kappa shape index (κ1) is 20.1. The number of hydrogen-bond donors (Lipinski definition) is 1. The minimum Gasteiger partial charge on any atom is -0.497 e. The van der Waals surface area contributed by atoms with Crippen LogP contribution >= 0.6 is 0 Å². The van der Waals surface area contributed by atoms with E-state index in [0.29, 0.717) is 51.6 Å². The number of benzene rings is 1. The number of sulfonamides is 1. The number of ether oxygens (including phenoxy) is 2. The Hall–Kier alpha value is -1.68. The van der Waals surface area contributed by atoms with Gasteiger partial charge in [0.05, 0.1) is 12.0 Å². The maximum absolute atomic E-state index is 12.7. The quantitative estimate of drug-likeness (QED) is 0.712. The molecule has 0 saturated carbocycles. The number of carbonyl (C=O) groups excluding carboxylic acids is 1. The second kappa shape index (κ2) is 9.01. The molecule has 1 aromatic rings. The van der Waals surface area contributed by atoms with Crippen LogP contribution in [0.25, 0.3) is 0 Å². The van der Waals surface area contributed by atoms with Gasteiger partial charge in [0, 0.05) is 45.9 Å². The monoisotopic (exact) mass is 397 g/mol. The summed E-state index contributed by atoms with van der Waals surface area (Å²) in [6.45, 7) is 4.07. The van der Waals surface area contributed by atoms with Crippen LogP contribution in [0, 0.1) is 0 Å². The molecule has 150 valence electrons. The van der Waals surface area contributed by atoms with E-state index in [1.165, 1.54) is 4.31 Å². The molecule has 0 bridgehead atoms. The first-order valence-electron chi connectivity index (χ1n) is 9.26. The Bertz CT molecular complexity index is 724. The Morgan fingerprint density at radius 3 is 2.52 bits per heavy atom. The molecule has 0 spiro atoms. The summed E-state index contributed by atoms with van der Waals surface area (Å²) in [6, 6.07) is 6.45. The number of carbonyl (C=O) groups is 1. The van der Waals surface area contributed by atoms with Crippen molar-refractivity contribution in [1.29, 1.82) is 0 Å². The average molecular weight is 397 g/mol. The SMILES string of the molecule is COc1ccc(S(=O)(=O)N2CCN(CCNC(=O)C3CCCO3)CC2)cc1. The summed E-state index contributed by atoms with van der Waals surface area (Å²) in [5.41, 5.74) is 0. The van der Waals surface area contributed by atoms with E-state index in [-0.39, 0.29) is 16.9 Å². The van der Waals surface area contributed by atoms with Gasteiger partial charge in [-0.2, -0.15) is 4.31 Å². The number of hydrogen-bond acceptors (Lipinski definition) is 6. The van der Waals surface area contributed by atoms with Crippen LogP contribution in [0.4, 0.5) is 0 Å². The van der Waals surface area contributed by atoms with Gasteiger partial charge >= 0.3 is 0 Å². The van der Waals surface area contributed by atoms with Crippen molar-refractivity contribution in [3.8, 4) is 5.75 Å². The number of nitrogens with zero attached hydrogens (tertiary/aromatic N) is 2. The molecule has 1 unspecified atom stereocenters. The third-order valence-corrected chi connectivity index (χ3v) is 6.89. The number of rotatable bonds is 7. The molecule has 0 aromatic heterocycles. The molecular formula is C18H27N3O5S. The zero-order chi connectivity index (χ0) is 19.3. The lowest BCUT2D eigenvalue weighted by Gasteiger charge is -2.34. The third-order valence-electron chi connectivity index (χ3n) is 4.98. The van der Waals surface area contributed by atoms with Crippen LogP contribution in [-0.4, -0.2) is 82.6 Å². The summed E-state index contributed by atoms with van der Waals surface area (Å²) in [4.78, 5) is 14.4. The second-order valence-electron chi connectivity index (χ2n) is 6.71. The predicted octanol–water partition coefficient (Wildman–Crippen LogP) is 0.297. The van der Waals surface area contributed by atoms with Crippen LogP contribution in [0.3, 0.4) is 0 Å². The summed E-state index contributed by atoms with van der Waals surface area (Å²) in [5.74, 6) is 0.581. The summed E-state index contributed by atoms with van der Waals surface area (Å²) < 4.78 is 37.4. The van der Waals surface area contributed by atoms with Gasteiger partial charge in [0.15, 0.2) is 0 Å². The van der Waals surface area contributed by atoms with Crippen molar-refractivity contribution in [2.45, 2.75) is 23.8 Å². The topological polar surface area (TPSA) is 88.2 Å². The lowest BCUT2D eigenvalue weighted by molar-refractivity contribution is -0.130. The zero-order valence-electron chi connectivity index (χ0n) is 15.6. The highest BCUT2D eigenvalue weighted by Crippen LogP contribution is 2.20. The molecule has 1 atom stereocenters. The van der Waals surface area contributed by atoms with Gasteiger partial charge in [-0.05, 0) is 37.1 Å². The fourth-order valence-electron chi connectivity index (χ4n) is 3.33. The van der Waals surface area contributed by atoms with Gasteiger partial charge in [-0.25, -0.2) is 8.42 Å². The van der Waals surface area contributed by atoms with E-state index in [1.807, 2.05) is 0 Å². The molecule has 2 heterocycles. The summed E-state index contributed by atoms with van der Waals surface area (Å²) in [7, 11) is -1.94. The van der Waals surface area contributed by atoms with Crippen molar-refractivity contribution in [2.24, 2.45) is 0 Å². The van der Waals surface area contributed by atoms with Gasteiger partial charge in [0.1, 0.15) is 11.9 Å². The largest absolute Gasteiger partial charge is 0.497 e. The number of methoxy groups -OCH3 is 1. The summed E-state index contributed by atoms with van der Waals surface area (Å²) in [6.07, 6.45) is 1.41. The molecule has 2 saturated heterocycles. The zero-order valence-corrected chi connectivity index (χ0v) is 16.4. The molecule has 2 aliphatic rings. The molecule has 1 aromatic carbocycles.